The summed E-state index contributed by atoms with van der Waals surface area (Å²) in [7, 11) is 0. The van der Waals surface area contributed by atoms with Gasteiger partial charge < -0.3 is 10.4 Å². The number of benzene rings is 1. The van der Waals surface area contributed by atoms with Crippen LogP contribution in [0.15, 0.2) is 35.9 Å². The van der Waals surface area contributed by atoms with Crippen LogP contribution in [0.4, 0.5) is 0 Å². The number of hydrogen-bond donors (Lipinski definition) is 2. The Labute approximate surface area is 162 Å². The van der Waals surface area contributed by atoms with Crippen molar-refractivity contribution in [1.82, 2.24) is 10.3 Å². The number of aryl methyl sites for hydroxylation is 1. The highest BCUT2D eigenvalue weighted by molar-refractivity contribution is 7.18. The molecule has 1 aromatic heterocycles. The molecule has 1 heterocycles. The van der Waals surface area contributed by atoms with Gasteiger partial charge in [-0.3, -0.25) is 4.79 Å². The standard InChI is InChI=1S/C21H24N2O3S/c24-18(23-20(21(25)26)14-10-9-13-11-15(13)12-14)7-3-4-8-19-22-16-5-1-2-6-17(16)27-19/h1-2,5-6,10,13,15,20H,3-4,7-9,11-12H2,(H,23,24)(H,25,26)/t13?,15?,20-/m1/s1. The van der Waals surface area contributed by atoms with Crippen LogP contribution in [0.5, 0.6) is 0 Å². The van der Waals surface area contributed by atoms with Crippen LogP contribution < -0.4 is 5.32 Å². The SMILES string of the molecule is O=C(CCCCc1nc2ccccc2s1)N[C@@H](C(=O)O)C1=CCC2CC2C1. The van der Waals surface area contributed by atoms with Gasteiger partial charge in [0.05, 0.1) is 15.2 Å². The van der Waals surface area contributed by atoms with Crippen LogP contribution in [-0.4, -0.2) is 28.0 Å². The molecular formula is C21H24N2O3S. The Morgan fingerprint density at radius 2 is 2.11 bits per heavy atom. The first-order valence-electron chi connectivity index (χ1n) is 9.65. The zero-order chi connectivity index (χ0) is 18.8. The van der Waals surface area contributed by atoms with Crippen molar-refractivity contribution >= 4 is 33.4 Å². The van der Waals surface area contributed by atoms with Crippen molar-refractivity contribution in [3.63, 3.8) is 0 Å². The lowest BCUT2D eigenvalue weighted by atomic mass is 9.93. The summed E-state index contributed by atoms with van der Waals surface area (Å²) in [5.74, 6) is 0.257. The molecule has 6 heteroatoms. The quantitative estimate of drug-likeness (QED) is 0.534. The summed E-state index contributed by atoms with van der Waals surface area (Å²) >= 11 is 1.70. The van der Waals surface area contributed by atoms with Gasteiger partial charge in [-0.05, 0) is 68.1 Å². The number of thiazole rings is 1. The van der Waals surface area contributed by atoms with E-state index in [1.807, 2.05) is 24.3 Å². The maximum absolute atomic E-state index is 12.2. The van der Waals surface area contributed by atoms with E-state index in [-0.39, 0.29) is 5.91 Å². The monoisotopic (exact) mass is 384 g/mol. The van der Waals surface area contributed by atoms with Crippen LogP contribution in [0.1, 0.15) is 43.5 Å². The van der Waals surface area contributed by atoms with E-state index in [4.69, 9.17) is 0 Å². The minimum atomic E-state index is -0.955. The molecule has 5 nitrogen and oxygen atoms in total. The second-order valence-electron chi connectivity index (χ2n) is 7.60. The highest BCUT2D eigenvalue weighted by Crippen LogP contribution is 2.49. The van der Waals surface area contributed by atoms with E-state index in [2.05, 4.69) is 16.4 Å². The van der Waals surface area contributed by atoms with Crippen molar-refractivity contribution in [1.29, 1.82) is 0 Å². The van der Waals surface area contributed by atoms with Gasteiger partial charge in [0.2, 0.25) is 5.91 Å². The van der Waals surface area contributed by atoms with Crippen LogP contribution in [0.25, 0.3) is 10.2 Å². The molecule has 2 aliphatic carbocycles. The summed E-state index contributed by atoms with van der Waals surface area (Å²) in [6.07, 6.45) is 7.82. The third kappa shape index (κ3) is 4.38. The van der Waals surface area contributed by atoms with Crippen molar-refractivity contribution in [3.05, 3.63) is 40.9 Å². The predicted molar refractivity (Wildman–Crippen MR) is 106 cm³/mol. The van der Waals surface area contributed by atoms with Crippen LogP contribution in [-0.2, 0) is 16.0 Å². The molecule has 3 atom stereocenters. The zero-order valence-corrected chi connectivity index (χ0v) is 16.0. The van der Waals surface area contributed by atoms with Gasteiger partial charge in [0, 0.05) is 6.42 Å². The van der Waals surface area contributed by atoms with E-state index >= 15 is 0 Å². The number of aromatic nitrogens is 1. The Balaban J connectivity index is 1.23. The van der Waals surface area contributed by atoms with E-state index in [0.29, 0.717) is 12.3 Å². The van der Waals surface area contributed by atoms with Crippen LogP contribution >= 0.6 is 11.3 Å². The number of nitrogens with one attached hydrogen (secondary N) is 1. The Morgan fingerprint density at radius 3 is 2.89 bits per heavy atom. The third-order valence-electron chi connectivity index (χ3n) is 5.56. The summed E-state index contributed by atoms with van der Waals surface area (Å²) < 4.78 is 1.19. The van der Waals surface area contributed by atoms with Gasteiger partial charge in [-0.25, -0.2) is 9.78 Å². The van der Waals surface area contributed by atoms with Crippen molar-refractivity contribution in [2.45, 2.75) is 51.0 Å². The lowest BCUT2D eigenvalue weighted by Crippen LogP contribution is -2.42. The predicted octanol–water partition coefficient (Wildman–Crippen LogP) is 3.93. The maximum Gasteiger partial charge on any atom is 0.330 e. The number of nitrogens with zero attached hydrogens (tertiary/aromatic N) is 1. The smallest absolute Gasteiger partial charge is 0.330 e. The summed E-state index contributed by atoms with van der Waals surface area (Å²) in [5, 5.41) is 13.3. The van der Waals surface area contributed by atoms with E-state index in [1.165, 1.54) is 11.1 Å². The average Bonchev–Trinajstić information content (AvgIpc) is 3.31. The number of unbranched alkanes of at least 4 members (excludes halogenated alkanes) is 1. The van der Waals surface area contributed by atoms with E-state index in [9.17, 15) is 14.7 Å². The number of allylic oxidation sites excluding steroid dienone is 1. The molecule has 27 heavy (non-hydrogen) atoms. The van der Waals surface area contributed by atoms with Crippen molar-refractivity contribution in [3.8, 4) is 0 Å². The van der Waals surface area contributed by atoms with E-state index in [1.54, 1.807) is 11.3 Å². The molecule has 1 aromatic carbocycles. The molecule has 2 aliphatic rings. The summed E-state index contributed by atoms with van der Waals surface area (Å²) in [5.41, 5.74) is 1.90. The van der Waals surface area contributed by atoms with Gasteiger partial charge in [-0.2, -0.15) is 0 Å². The number of carbonyl (C=O) groups excluding carboxylic acids is 1. The fourth-order valence-electron chi connectivity index (χ4n) is 3.91. The van der Waals surface area contributed by atoms with Gasteiger partial charge in [0.1, 0.15) is 6.04 Å². The summed E-state index contributed by atoms with van der Waals surface area (Å²) in [6.45, 7) is 0. The molecular weight excluding hydrogens is 360 g/mol. The Morgan fingerprint density at radius 1 is 1.26 bits per heavy atom. The zero-order valence-electron chi connectivity index (χ0n) is 15.2. The number of aliphatic carboxylic acids is 1. The molecule has 142 valence electrons. The highest BCUT2D eigenvalue weighted by Gasteiger charge is 2.41. The molecule has 4 rings (SSSR count). The topological polar surface area (TPSA) is 79.3 Å². The summed E-state index contributed by atoms with van der Waals surface area (Å²) in [6, 6.07) is 7.22. The molecule has 0 saturated heterocycles. The number of fused-ring (bicyclic) bond motifs is 2. The molecule has 2 aromatic rings. The van der Waals surface area contributed by atoms with E-state index < -0.39 is 12.0 Å². The molecule has 0 bridgehead atoms. The molecule has 2 unspecified atom stereocenters. The normalized spacial score (nSPS) is 22.0. The van der Waals surface area contributed by atoms with Crippen LogP contribution in [0.3, 0.4) is 0 Å². The van der Waals surface area contributed by atoms with E-state index in [0.717, 1.165) is 54.1 Å². The van der Waals surface area contributed by atoms with Crippen molar-refractivity contribution in [2.75, 3.05) is 0 Å². The second-order valence-corrected chi connectivity index (χ2v) is 8.71. The van der Waals surface area contributed by atoms with Gasteiger partial charge in [0.15, 0.2) is 0 Å². The fraction of sp³-hybridized carbons (Fsp3) is 0.476. The van der Waals surface area contributed by atoms with Gasteiger partial charge in [-0.15, -0.1) is 11.3 Å². The minimum absolute atomic E-state index is 0.175. The molecule has 0 spiro atoms. The molecule has 0 aliphatic heterocycles. The van der Waals surface area contributed by atoms with Crippen LogP contribution in [0.2, 0.25) is 0 Å². The minimum Gasteiger partial charge on any atom is -0.479 e. The van der Waals surface area contributed by atoms with Crippen LogP contribution in [0, 0.1) is 11.8 Å². The number of para-hydroxylation sites is 1. The van der Waals surface area contributed by atoms with Gasteiger partial charge in [0.25, 0.3) is 0 Å². The third-order valence-corrected chi connectivity index (χ3v) is 6.65. The van der Waals surface area contributed by atoms with Gasteiger partial charge >= 0.3 is 5.97 Å². The van der Waals surface area contributed by atoms with Crippen molar-refractivity contribution < 1.29 is 14.7 Å². The first kappa shape index (κ1) is 18.2. The number of amides is 1. The lowest BCUT2D eigenvalue weighted by molar-refractivity contribution is -0.140. The molecule has 1 amide bonds. The first-order valence-corrected chi connectivity index (χ1v) is 10.5. The largest absolute Gasteiger partial charge is 0.479 e. The summed E-state index contributed by atoms with van der Waals surface area (Å²) in [4.78, 5) is 28.4. The maximum atomic E-state index is 12.2. The van der Waals surface area contributed by atoms with Gasteiger partial charge in [-0.1, -0.05) is 18.2 Å². The number of carboxylic acids is 1. The molecule has 1 saturated carbocycles. The first-order chi connectivity index (χ1) is 13.1. The molecule has 1 fully saturated rings. The Kier molecular flexibility index (Phi) is 5.25. The molecule has 0 radical (unpaired) electrons. The number of carboxylic acid groups (broad SMARTS) is 1. The Bertz CT molecular complexity index is 855. The fourth-order valence-corrected chi connectivity index (χ4v) is 4.92. The number of hydrogen-bond acceptors (Lipinski definition) is 4. The van der Waals surface area contributed by atoms with Crippen molar-refractivity contribution in [2.24, 2.45) is 11.8 Å². The average molecular weight is 385 g/mol. The second kappa shape index (κ2) is 7.80. The number of carbonyl (C=O) groups is 2. The number of rotatable bonds is 8. The molecule has 2 N–H and O–H groups in total. The highest BCUT2D eigenvalue weighted by atomic mass is 32.1. The lowest BCUT2D eigenvalue weighted by Gasteiger charge is -2.20. The Hall–Kier alpha value is -2.21.